The van der Waals surface area contributed by atoms with Gasteiger partial charge < -0.3 is 9.34 Å². The number of rotatable bonds is 5. The highest BCUT2D eigenvalue weighted by Crippen LogP contribution is 2.70. The first-order valence-corrected chi connectivity index (χ1v) is 13.5. The summed E-state index contributed by atoms with van der Waals surface area (Å²) in [6.45, 7) is 9.60. The van der Waals surface area contributed by atoms with E-state index >= 15 is 4.57 Å². The van der Waals surface area contributed by atoms with Crippen molar-refractivity contribution in [3.05, 3.63) is 108 Å². The Hall–Kier alpha value is -2.81. The molecule has 2 saturated heterocycles. The van der Waals surface area contributed by atoms with Crippen molar-refractivity contribution in [1.82, 2.24) is 4.90 Å². The lowest BCUT2D eigenvalue weighted by molar-refractivity contribution is 0.231. The molecule has 0 amide bonds. The van der Waals surface area contributed by atoms with Gasteiger partial charge in [-0.1, -0.05) is 72.8 Å². The highest BCUT2D eigenvalue weighted by atomic mass is 31.2. The maximum atomic E-state index is 15.7. The van der Waals surface area contributed by atoms with Crippen LogP contribution in [0.4, 0.5) is 11.4 Å². The molecule has 4 nitrogen and oxygen atoms in total. The van der Waals surface area contributed by atoms with Crippen molar-refractivity contribution >= 4 is 18.8 Å². The Labute approximate surface area is 197 Å². The number of hydrogen-bond donors (Lipinski definition) is 0. The van der Waals surface area contributed by atoms with E-state index in [1.807, 2.05) is 36.4 Å². The van der Waals surface area contributed by atoms with Crippen LogP contribution >= 0.6 is 7.44 Å². The van der Waals surface area contributed by atoms with Gasteiger partial charge in [0.25, 0.3) is 7.44 Å². The van der Waals surface area contributed by atoms with Gasteiger partial charge in [-0.3, -0.25) is 9.46 Å². The minimum absolute atomic E-state index is 0.213. The Kier molecular flexibility index (Phi) is 6.14. The zero-order valence-corrected chi connectivity index (χ0v) is 20.2. The van der Waals surface area contributed by atoms with Crippen LogP contribution in [0.25, 0.3) is 0 Å². The lowest BCUT2D eigenvalue weighted by atomic mass is 10.0. The van der Waals surface area contributed by atoms with E-state index in [9.17, 15) is 0 Å². The van der Waals surface area contributed by atoms with Gasteiger partial charge in [0.15, 0.2) is 0 Å². The number of para-hydroxylation sites is 2. The van der Waals surface area contributed by atoms with Crippen molar-refractivity contribution in [3.63, 3.8) is 0 Å². The first-order valence-electron chi connectivity index (χ1n) is 11.8. The van der Waals surface area contributed by atoms with Crippen LogP contribution in [0.5, 0.6) is 0 Å². The number of benzene rings is 3. The second kappa shape index (κ2) is 9.21. The number of aryl methyl sites for hydroxylation is 1. The summed E-state index contributed by atoms with van der Waals surface area (Å²) in [7, 11) is -3.12. The molecule has 0 radical (unpaired) electrons. The van der Waals surface area contributed by atoms with Crippen LogP contribution in [-0.2, 0) is 4.57 Å². The molecule has 5 heteroatoms. The van der Waals surface area contributed by atoms with Gasteiger partial charge in [-0.05, 0) is 55.2 Å². The van der Waals surface area contributed by atoms with Crippen LogP contribution in [0.3, 0.4) is 0 Å². The van der Waals surface area contributed by atoms with Crippen LogP contribution in [0.15, 0.2) is 97.1 Å². The smallest absolute Gasteiger partial charge is 0.284 e. The van der Waals surface area contributed by atoms with Crippen molar-refractivity contribution in [2.45, 2.75) is 25.5 Å². The van der Waals surface area contributed by atoms with Crippen LogP contribution in [-0.4, -0.2) is 31.1 Å². The van der Waals surface area contributed by atoms with E-state index in [2.05, 4.69) is 76.3 Å². The molecular weight excluding hydrogens is 425 g/mol. The minimum Gasteiger partial charge on any atom is -0.304 e. The number of anilines is 2. The Bertz CT molecular complexity index is 1100. The predicted molar refractivity (Wildman–Crippen MR) is 139 cm³/mol. The van der Waals surface area contributed by atoms with E-state index in [0.29, 0.717) is 0 Å². The zero-order valence-electron chi connectivity index (χ0n) is 19.3. The van der Waals surface area contributed by atoms with E-state index in [1.165, 1.54) is 11.1 Å². The monoisotopic (exact) mass is 457 g/mol. The Balaban J connectivity index is 1.70. The molecule has 2 aliphatic heterocycles. The molecule has 3 aromatic rings. The molecule has 0 aliphatic carbocycles. The van der Waals surface area contributed by atoms with E-state index in [4.69, 9.17) is 0 Å². The molecule has 33 heavy (non-hydrogen) atoms. The van der Waals surface area contributed by atoms with Crippen molar-refractivity contribution in [2.24, 2.45) is 0 Å². The van der Waals surface area contributed by atoms with Crippen molar-refractivity contribution in [3.8, 4) is 0 Å². The third kappa shape index (κ3) is 4.03. The highest BCUT2D eigenvalue weighted by molar-refractivity contribution is 7.67. The van der Waals surface area contributed by atoms with Gasteiger partial charge in [0, 0.05) is 37.6 Å². The van der Waals surface area contributed by atoms with Gasteiger partial charge in [-0.25, -0.2) is 0 Å². The molecule has 0 aromatic heterocycles. The van der Waals surface area contributed by atoms with Crippen LogP contribution in [0.1, 0.15) is 29.8 Å². The molecule has 0 spiro atoms. The second-order valence-electron chi connectivity index (χ2n) is 9.02. The standard InChI is InChI=1S/C28H32N3OP/c1-23-17-19-29(20-18-23)28(27-16-10-9-11-24(27)2)33(32)30(25-12-5-3-6-13-25)21-22-31(33)26-14-7-4-8-15-26/h3-16,28H,1,17-22H2,2H3. The van der Waals surface area contributed by atoms with Gasteiger partial charge in [-0.2, -0.15) is 0 Å². The van der Waals surface area contributed by atoms with E-state index in [-0.39, 0.29) is 5.78 Å². The maximum Gasteiger partial charge on any atom is 0.284 e. The van der Waals surface area contributed by atoms with Crippen molar-refractivity contribution in [1.29, 1.82) is 0 Å². The summed E-state index contributed by atoms with van der Waals surface area (Å²) in [5.41, 5.74) is 5.70. The fourth-order valence-corrected chi connectivity index (χ4v) is 8.99. The van der Waals surface area contributed by atoms with Crippen molar-refractivity contribution in [2.75, 3.05) is 35.5 Å². The number of piperidine rings is 1. The number of nitrogens with zero attached hydrogens (tertiary/aromatic N) is 3. The van der Waals surface area contributed by atoms with E-state index in [0.717, 1.165) is 56.0 Å². The number of likely N-dealkylation sites (tertiary alicyclic amines) is 1. The summed E-state index contributed by atoms with van der Waals surface area (Å²) in [5, 5.41) is 0. The van der Waals surface area contributed by atoms with Gasteiger partial charge >= 0.3 is 0 Å². The third-order valence-electron chi connectivity index (χ3n) is 6.96. The highest BCUT2D eigenvalue weighted by Gasteiger charge is 2.52. The summed E-state index contributed by atoms with van der Waals surface area (Å²) in [6.07, 6.45) is 1.91. The lowest BCUT2D eigenvalue weighted by Gasteiger charge is -2.45. The maximum absolute atomic E-state index is 15.7. The van der Waals surface area contributed by atoms with Crippen LogP contribution < -0.4 is 9.34 Å². The second-order valence-corrected chi connectivity index (χ2v) is 11.7. The van der Waals surface area contributed by atoms with Gasteiger partial charge in [0.1, 0.15) is 5.78 Å². The molecule has 2 fully saturated rings. The fraction of sp³-hybridized carbons (Fsp3) is 0.286. The molecule has 170 valence electrons. The molecule has 2 heterocycles. The first kappa shape index (κ1) is 22.0. The molecule has 2 aliphatic rings. The van der Waals surface area contributed by atoms with Crippen LogP contribution in [0.2, 0.25) is 0 Å². The average Bonchev–Trinajstić information content (AvgIpc) is 3.20. The quantitative estimate of drug-likeness (QED) is 0.309. The molecule has 1 unspecified atom stereocenters. The fourth-order valence-electron chi connectivity index (χ4n) is 5.21. The molecular formula is C28H32N3OP. The lowest BCUT2D eigenvalue weighted by Crippen LogP contribution is -2.39. The van der Waals surface area contributed by atoms with Gasteiger partial charge in [0.2, 0.25) is 0 Å². The number of hydrogen-bond acceptors (Lipinski definition) is 2. The Morgan fingerprint density at radius 3 is 1.73 bits per heavy atom. The summed E-state index contributed by atoms with van der Waals surface area (Å²) in [5.74, 6) is -0.213. The summed E-state index contributed by atoms with van der Waals surface area (Å²) < 4.78 is 20.1. The zero-order chi connectivity index (χ0) is 22.8. The summed E-state index contributed by atoms with van der Waals surface area (Å²) in [4.78, 5) is 2.45. The molecule has 0 bridgehead atoms. The van der Waals surface area contributed by atoms with E-state index in [1.54, 1.807) is 0 Å². The molecule has 0 N–H and O–H groups in total. The minimum atomic E-state index is -3.12. The predicted octanol–water partition coefficient (Wildman–Crippen LogP) is 6.87. The first-order chi connectivity index (χ1) is 16.1. The van der Waals surface area contributed by atoms with Crippen molar-refractivity contribution < 1.29 is 4.57 Å². The normalized spacial score (nSPS) is 19.6. The molecule has 0 saturated carbocycles. The molecule has 1 atom stereocenters. The largest absolute Gasteiger partial charge is 0.304 e. The Morgan fingerprint density at radius 1 is 0.727 bits per heavy atom. The third-order valence-corrected chi connectivity index (χ3v) is 10.4. The van der Waals surface area contributed by atoms with Crippen LogP contribution in [0, 0.1) is 6.92 Å². The van der Waals surface area contributed by atoms with E-state index < -0.39 is 7.44 Å². The summed E-state index contributed by atoms with van der Waals surface area (Å²) >= 11 is 0. The topological polar surface area (TPSA) is 26.8 Å². The molecule has 5 rings (SSSR count). The SMILES string of the molecule is C=C1CCN(C(c2ccccc2C)P2(=O)N(c3ccccc3)CCN2c2ccccc2)CC1. The van der Waals surface area contributed by atoms with Gasteiger partial charge in [-0.15, -0.1) is 0 Å². The summed E-state index contributed by atoms with van der Waals surface area (Å²) in [6, 6.07) is 29.0. The van der Waals surface area contributed by atoms with Gasteiger partial charge in [0.05, 0.1) is 0 Å². The average molecular weight is 458 g/mol. The Morgan fingerprint density at radius 2 is 1.21 bits per heavy atom. The molecule has 3 aromatic carbocycles.